The van der Waals surface area contributed by atoms with E-state index in [0.717, 1.165) is 22.3 Å². The number of aromatic nitrogens is 3. The molecule has 2 heterocycles. The highest BCUT2D eigenvalue weighted by molar-refractivity contribution is 7.99. The third kappa shape index (κ3) is 2.91. The van der Waals surface area contributed by atoms with Crippen molar-refractivity contribution in [2.45, 2.75) is 10.5 Å². The minimum Gasteiger partial charge on any atom is -0.497 e. The zero-order valence-electron chi connectivity index (χ0n) is 14.3. The average Bonchev–Trinajstić information content (AvgIpc) is 3.22. The number of nitrogens with zero attached hydrogens (tertiary/aromatic N) is 4. The Morgan fingerprint density at radius 1 is 1.04 bits per heavy atom. The van der Waals surface area contributed by atoms with E-state index in [4.69, 9.17) is 4.74 Å². The van der Waals surface area contributed by atoms with Crippen LogP contribution < -0.4 is 15.1 Å². The molecule has 0 fully saturated rings. The van der Waals surface area contributed by atoms with E-state index in [-0.39, 0.29) is 5.37 Å². The van der Waals surface area contributed by atoms with Crippen molar-refractivity contribution >= 4 is 17.4 Å². The van der Waals surface area contributed by atoms with Crippen LogP contribution in [-0.4, -0.2) is 36.1 Å². The molecule has 0 saturated carbocycles. The van der Waals surface area contributed by atoms with Crippen molar-refractivity contribution in [1.29, 1.82) is 0 Å². The number of hydrogen-bond acceptors (Lipinski definition) is 6. The van der Waals surface area contributed by atoms with Gasteiger partial charge in [0, 0.05) is 25.3 Å². The van der Waals surface area contributed by atoms with Gasteiger partial charge in [-0.15, -0.1) is 10.2 Å². The summed E-state index contributed by atoms with van der Waals surface area (Å²) in [6.45, 7) is 0. The summed E-state index contributed by atoms with van der Waals surface area (Å²) in [5.41, 5.74) is 6.88. The van der Waals surface area contributed by atoms with Gasteiger partial charge in [0.1, 0.15) is 11.1 Å². The standard InChI is InChI=1S/C18H19N5OS/c1-22(2)14-8-4-13(5-9-14)17-21-23-16(19-20-18(23)25-17)12-6-10-15(24-3)11-7-12/h4-11,17,21H,1-3H3/t17-/m1/s1. The van der Waals surface area contributed by atoms with Crippen molar-refractivity contribution in [2.24, 2.45) is 0 Å². The molecule has 128 valence electrons. The molecule has 0 spiro atoms. The first-order valence-electron chi connectivity index (χ1n) is 7.96. The van der Waals surface area contributed by atoms with Crippen LogP contribution in [0.4, 0.5) is 5.69 Å². The third-order valence-electron chi connectivity index (χ3n) is 4.16. The molecule has 25 heavy (non-hydrogen) atoms. The fourth-order valence-electron chi connectivity index (χ4n) is 2.73. The number of nitrogens with one attached hydrogen (secondary N) is 1. The van der Waals surface area contributed by atoms with E-state index in [0.29, 0.717) is 0 Å². The van der Waals surface area contributed by atoms with Crippen LogP contribution in [0.2, 0.25) is 0 Å². The van der Waals surface area contributed by atoms with Crippen LogP contribution in [0, 0.1) is 0 Å². The fourth-order valence-corrected chi connectivity index (χ4v) is 3.72. The summed E-state index contributed by atoms with van der Waals surface area (Å²) in [5, 5.41) is 9.61. The number of anilines is 1. The van der Waals surface area contributed by atoms with Crippen molar-refractivity contribution in [3.8, 4) is 17.1 Å². The first-order chi connectivity index (χ1) is 12.2. The van der Waals surface area contributed by atoms with Crippen LogP contribution in [0.15, 0.2) is 53.7 Å². The van der Waals surface area contributed by atoms with Crippen molar-refractivity contribution < 1.29 is 4.74 Å². The lowest BCUT2D eigenvalue weighted by Crippen LogP contribution is -2.14. The molecule has 1 atom stereocenters. The Kier molecular flexibility index (Phi) is 4.01. The van der Waals surface area contributed by atoms with Crippen LogP contribution in [0.5, 0.6) is 5.75 Å². The molecule has 2 aromatic carbocycles. The van der Waals surface area contributed by atoms with Gasteiger partial charge >= 0.3 is 0 Å². The number of fused-ring (bicyclic) bond motifs is 1. The maximum Gasteiger partial charge on any atom is 0.212 e. The Bertz CT molecular complexity index is 873. The molecule has 4 rings (SSSR count). The number of hydrogen-bond donors (Lipinski definition) is 1. The van der Waals surface area contributed by atoms with Gasteiger partial charge in [-0.1, -0.05) is 23.9 Å². The molecule has 0 bridgehead atoms. The van der Waals surface area contributed by atoms with Gasteiger partial charge in [0.15, 0.2) is 5.82 Å². The van der Waals surface area contributed by atoms with Crippen LogP contribution in [-0.2, 0) is 0 Å². The predicted octanol–water partition coefficient (Wildman–Crippen LogP) is 3.37. The second kappa shape index (κ2) is 6.33. The Labute approximate surface area is 150 Å². The molecule has 0 saturated heterocycles. The lowest BCUT2D eigenvalue weighted by atomic mass is 10.2. The third-order valence-corrected chi connectivity index (χ3v) is 5.25. The summed E-state index contributed by atoms with van der Waals surface area (Å²) in [7, 11) is 5.74. The number of thioether (sulfide) groups is 1. The van der Waals surface area contributed by atoms with Crippen molar-refractivity contribution in [1.82, 2.24) is 14.9 Å². The van der Waals surface area contributed by atoms with Crippen molar-refractivity contribution in [3.63, 3.8) is 0 Å². The monoisotopic (exact) mass is 353 g/mol. The Balaban J connectivity index is 1.57. The molecular weight excluding hydrogens is 334 g/mol. The van der Waals surface area contributed by atoms with E-state index in [2.05, 4.69) is 44.8 Å². The molecule has 0 amide bonds. The summed E-state index contributed by atoms with van der Waals surface area (Å²) in [4.78, 5) is 2.09. The fraction of sp³-hybridized carbons (Fsp3) is 0.222. The Morgan fingerprint density at radius 2 is 1.76 bits per heavy atom. The molecule has 1 aliphatic heterocycles. The summed E-state index contributed by atoms with van der Waals surface area (Å²) >= 11 is 1.67. The van der Waals surface area contributed by atoms with E-state index < -0.39 is 0 Å². The zero-order valence-corrected chi connectivity index (χ0v) is 15.1. The topological polar surface area (TPSA) is 55.2 Å². The molecule has 6 nitrogen and oxygen atoms in total. The van der Waals surface area contributed by atoms with Crippen molar-refractivity contribution in [3.05, 3.63) is 54.1 Å². The van der Waals surface area contributed by atoms with Gasteiger partial charge in [0.05, 0.1) is 7.11 Å². The summed E-state index contributed by atoms with van der Waals surface area (Å²) in [6.07, 6.45) is 0. The molecule has 3 aromatic rings. The summed E-state index contributed by atoms with van der Waals surface area (Å²) in [5.74, 6) is 1.63. The van der Waals surface area contributed by atoms with Gasteiger partial charge in [-0.2, -0.15) is 0 Å². The average molecular weight is 353 g/mol. The first-order valence-corrected chi connectivity index (χ1v) is 8.84. The summed E-state index contributed by atoms with van der Waals surface area (Å²) in [6, 6.07) is 16.4. The largest absolute Gasteiger partial charge is 0.497 e. The van der Waals surface area contributed by atoms with Gasteiger partial charge in [0.25, 0.3) is 0 Å². The second-order valence-electron chi connectivity index (χ2n) is 5.98. The van der Waals surface area contributed by atoms with Gasteiger partial charge in [-0.3, -0.25) is 0 Å². The van der Waals surface area contributed by atoms with Gasteiger partial charge in [0.2, 0.25) is 5.16 Å². The predicted molar refractivity (Wildman–Crippen MR) is 101 cm³/mol. The number of ether oxygens (including phenoxy) is 1. The molecule has 7 heteroatoms. The lowest BCUT2D eigenvalue weighted by molar-refractivity contribution is 0.415. The number of methoxy groups -OCH3 is 1. The maximum atomic E-state index is 5.21. The van der Waals surface area contributed by atoms with Crippen LogP contribution in [0.3, 0.4) is 0 Å². The molecule has 1 aromatic heterocycles. The smallest absolute Gasteiger partial charge is 0.212 e. The molecular formula is C18H19N5OS. The quantitative estimate of drug-likeness (QED) is 0.776. The Hall–Kier alpha value is -2.67. The second-order valence-corrected chi connectivity index (χ2v) is 7.06. The maximum absolute atomic E-state index is 5.21. The Morgan fingerprint density at radius 3 is 2.40 bits per heavy atom. The van der Waals surface area contributed by atoms with E-state index in [9.17, 15) is 0 Å². The van der Waals surface area contributed by atoms with Gasteiger partial charge in [-0.05, 0) is 42.0 Å². The highest BCUT2D eigenvalue weighted by atomic mass is 32.2. The lowest BCUT2D eigenvalue weighted by Gasteiger charge is -2.15. The first kappa shape index (κ1) is 15.8. The molecule has 1 N–H and O–H groups in total. The van der Waals surface area contributed by atoms with E-state index >= 15 is 0 Å². The molecule has 0 aliphatic carbocycles. The SMILES string of the molecule is COc1ccc(-c2nnc3n2N[C@@H](c2ccc(N(C)C)cc2)S3)cc1. The number of rotatable bonds is 4. The molecule has 0 unspecified atom stereocenters. The van der Waals surface area contributed by atoms with E-state index in [1.807, 2.05) is 43.0 Å². The van der Waals surface area contributed by atoms with Crippen molar-refractivity contribution in [2.75, 3.05) is 31.5 Å². The highest BCUT2D eigenvalue weighted by Gasteiger charge is 2.28. The minimum atomic E-state index is 0.124. The van der Waals surface area contributed by atoms with E-state index in [1.165, 1.54) is 11.3 Å². The highest BCUT2D eigenvalue weighted by Crippen LogP contribution is 2.40. The van der Waals surface area contributed by atoms with Gasteiger partial charge < -0.3 is 15.1 Å². The molecule has 1 aliphatic rings. The summed E-state index contributed by atoms with van der Waals surface area (Å²) < 4.78 is 7.17. The minimum absolute atomic E-state index is 0.124. The van der Waals surface area contributed by atoms with E-state index in [1.54, 1.807) is 18.9 Å². The normalized spacial score (nSPS) is 15.6. The number of benzene rings is 2. The van der Waals surface area contributed by atoms with Crippen LogP contribution >= 0.6 is 11.8 Å². The van der Waals surface area contributed by atoms with Crippen LogP contribution in [0.25, 0.3) is 11.4 Å². The van der Waals surface area contributed by atoms with Gasteiger partial charge in [-0.25, -0.2) is 4.68 Å². The van der Waals surface area contributed by atoms with Crippen LogP contribution in [0.1, 0.15) is 10.9 Å². The molecule has 0 radical (unpaired) electrons. The zero-order chi connectivity index (χ0) is 17.4.